The van der Waals surface area contributed by atoms with Gasteiger partial charge < -0.3 is 10.6 Å². The van der Waals surface area contributed by atoms with Gasteiger partial charge in [0.2, 0.25) is 0 Å². The SMILES string of the molecule is CC(C)(C)C(N)CN1CCC(Cc2ccc(Cl)c(Cl)c2)CC1. The maximum absolute atomic E-state index is 6.30. The van der Waals surface area contributed by atoms with Gasteiger partial charge >= 0.3 is 0 Å². The molecule has 4 heteroatoms. The minimum Gasteiger partial charge on any atom is -0.326 e. The summed E-state index contributed by atoms with van der Waals surface area (Å²) in [5, 5.41) is 1.30. The van der Waals surface area contributed by atoms with Gasteiger partial charge in [0.15, 0.2) is 0 Å². The van der Waals surface area contributed by atoms with Crippen molar-refractivity contribution in [1.29, 1.82) is 0 Å². The molecule has 1 fully saturated rings. The molecule has 0 amide bonds. The van der Waals surface area contributed by atoms with Crippen molar-refractivity contribution in [2.75, 3.05) is 19.6 Å². The number of piperidine rings is 1. The fraction of sp³-hybridized carbons (Fsp3) is 0.667. The number of benzene rings is 1. The summed E-state index contributed by atoms with van der Waals surface area (Å²) in [5.41, 5.74) is 7.77. The molecule has 1 aromatic carbocycles. The molecule has 0 saturated carbocycles. The van der Waals surface area contributed by atoms with Crippen LogP contribution in [0.25, 0.3) is 0 Å². The van der Waals surface area contributed by atoms with Gasteiger partial charge in [-0.1, -0.05) is 50.0 Å². The van der Waals surface area contributed by atoms with E-state index in [1.165, 1.54) is 18.4 Å². The topological polar surface area (TPSA) is 29.3 Å². The number of nitrogens with two attached hydrogens (primary N) is 1. The zero-order chi connectivity index (χ0) is 16.3. The largest absolute Gasteiger partial charge is 0.326 e. The Morgan fingerprint density at radius 1 is 1.18 bits per heavy atom. The van der Waals surface area contributed by atoms with Gasteiger partial charge in [0.05, 0.1) is 10.0 Å². The average Bonchev–Trinajstić information content (AvgIpc) is 2.44. The van der Waals surface area contributed by atoms with Crippen molar-refractivity contribution >= 4 is 23.2 Å². The minimum atomic E-state index is 0.177. The molecule has 22 heavy (non-hydrogen) atoms. The maximum Gasteiger partial charge on any atom is 0.0595 e. The third kappa shape index (κ3) is 5.13. The predicted octanol–water partition coefficient (Wildman–Crippen LogP) is 4.62. The van der Waals surface area contributed by atoms with Crippen molar-refractivity contribution in [3.05, 3.63) is 33.8 Å². The van der Waals surface area contributed by atoms with E-state index in [9.17, 15) is 0 Å². The van der Waals surface area contributed by atoms with Crippen LogP contribution in [0, 0.1) is 11.3 Å². The number of rotatable bonds is 4. The molecule has 1 aliphatic rings. The molecule has 0 aliphatic carbocycles. The van der Waals surface area contributed by atoms with E-state index in [0.717, 1.165) is 32.0 Å². The van der Waals surface area contributed by atoms with Crippen LogP contribution in [-0.2, 0) is 6.42 Å². The second-order valence-corrected chi connectivity index (χ2v) is 8.48. The molecule has 0 aromatic heterocycles. The molecule has 2 N–H and O–H groups in total. The van der Waals surface area contributed by atoms with Crippen molar-refractivity contribution in [1.82, 2.24) is 4.90 Å². The van der Waals surface area contributed by atoms with E-state index < -0.39 is 0 Å². The highest BCUT2D eigenvalue weighted by atomic mass is 35.5. The number of halogens is 2. The van der Waals surface area contributed by atoms with E-state index in [4.69, 9.17) is 28.9 Å². The van der Waals surface area contributed by atoms with E-state index in [2.05, 4.69) is 31.7 Å². The highest BCUT2D eigenvalue weighted by molar-refractivity contribution is 6.42. The van der Waals surface area contributed by atoms with Crippen LogP contribution < -0.4 is 5.73 Å². The predicted molar refractivity (Wildman–Crippen MR) is 96.8 cm³/mol. The van der Waals surface area contributed by atoms with Crippen LogP contribution in [0.15, 0.2) is 18.2 Å². The Kier molecular flexibility index (Phi) is 6.18. The molecular weight excluding hydrogens is 315 g/mol. The Morgan fingerprint density at radius 2 is 1.82 bits per heavy atom. The van der Waals surface area contributed by atoms with Crippen LogP contribution >= 0.6 is 23.2 Å². The molecule has 2 rings (SSSR count). The molecule has 0 radical (unpaired) electrons. The van der Waals surface area contributed by atoms with E-state index in [-0.39, 0.29) is 11.5 Å². The summed E-state index contributed by atoms with van der Waals surface area (Å²) in [4.78, 5) is 2.52. The van der Waals surface area contributed by atoms with Gasteiger partial charge in [-0.3, -0.25) is 0 Å². The number of hydrogen-bond donors (Lipinski definition) is 1. The van der Waals surface area contributed by atoms with Crippen LogP contribution in [0.4, 0.5) is 0 Å². The van der Waals surface area contributed by atoms with E-state index in [1.54, 1.807) is 0 Å². The summed E-state index contributed by atoms with van der Waals surface area (Å²) in [5.74, 6) is 0.736. The number of likely N-dealkylation sites (tertiary alicyclic amines) is 1. The highest BCUT2D eigenvalue weighted by Crippen LogP contribution is 2.27. The molecule has 1 aromatic rings. The van der Waals surface area contributed by atoms with Crippen LogP contribution in [0.3, 0.4) is 0 Å². The van der Waals surface area contributed by atoms with Crippen molar-refractivity contribution in [3.8, 4) is 0 Å². The Hall–Kier alpha value is -0.280. The van der Waals surface area contributed by atoms with Gasteiger partial charge in [0, 0.05) is 12.6 Å². The van der Waals surface area contributed by atoms with Gasteiger partial charge in [0.1, 0.15) is 0 Å². The first-order valence-electron chi connectivity index (χ1n) is 8.17. The third-order valence-corrected chi connectivity index (χ3v) is 5.52. The second kappa shape index (κ2) is 7.53. The molecule has 1 heterocycles. The maximum atomic E-state index is 6.30. The van der Waals surface area contributed by atoms with Gasteiger partial charge in [-0.15, -0.1) is 0 Å². The smallest absolute Gasteiger partial charge is 0.0595 e. The standard InChI is InChI=1S/C18H28Cl2N2/c1-18(2,3)17(21)12-22-8-6-13(7-9-22)10-14-4-5-15(19)16(20)11-14/h4-5,11,13,17H,6-10,12,21H2,1-3H3. The molecule has 1 atom stereocenters. The average molecular weight is 343 g/mol. The van der Waals surface area contributed by atoms with E-state index in [1.807, 2.05) is 12.1 Å². The lowest BCUT2D eigenvalue weighted by Gasteiger charge is -2.37. The summed E-state index contributed by atoms with van der Waals surface area (Å²) >= 11 is 12.1. The summed E-state index contributed by atoms with van der Waals surface area (Å²) in [6.07, 6.45) is 3.56. The van der Waals surface area contributed by atoms with Crippen molar-refractivity contribution in [2.45, 2.75) is 46.1 Å². The fourth-order valence-electron chi connectivity index (χ4n) is 2.93. The molecular formula is C18H28Cl2N2. The fourth-order valence-corrected chi connectivity index (χ4v) is 3.25. The van der Waals surface area contributed by atoms with Crippen LogP contribution in [-0.4, -0.2) is 30.6 Å². The Bertz CT molecular complexity index is 488. The van der Waals surface area contributed by atoms with Crippen molar-refractivity contribution in [2.24, 2.45) is 17.1 Å². The van der Waals surface area contributed by atoms with E-state index >= 15 is 0 Å². The first-order valence-corrected chi connectivity index (χ1v) is 8.93. The summed E-state index contributed by atoms with van der Waals surface area (Å²) in [6.45, 7) is 9.95. The van der Waals surface area contributed by atoms with Crippen molar-refractivity contribution in [3.63, 3.8) is 0 Å². The molecule has 0 spiro atoms. The van der Waals surface area contributed by atoms with Gasteiger partial charge in [-0.05, 0) is 61.4 Å². The molecule has 1 saturated heterocycles. The molecule has 124 valence electrons. The summed E-state index contributed by atoms with van der Waals surface area (Å²) in [7, 11) is 0. The zero-order valence-electron chi connectivity index (χ0n) is 13.9. The van der Waals surface area contributed by atoms with Crippen LogP contribution in [0.2, 0.25) is 10.0 Å². The van der Waals surface area contributed by atoms with Gasteiger partial charge in [0.25, 0.3) is 0 Å². The van der Waals surface area contributed by atoms with Gasteiger partial charge in [-0.2, -0.15) is 0 Å². The Balaban J connectivity index is 1.81. The van der Waals surface area contributed by atoms with Gasteiger partial charge in [-0.25, -0.2) is 0 Å². The lowest BCUT2D eigenvalue weighted by Crippen LogP contribution is -2.47. The summed E-state index contributed by atoms with van der Waals surface area (Å²) < 4.78 is 0. The Morgan fingerprint density at radius 3 is 2.36 bits per heavy atom. The van der Waals surface area contributed by atoms with E-state index in [0.29, 0.717) is 10.0 Å². The lowest BCUT2D eigenvalue weighted by molar-refractivity contribution is 0.147. The normalized spacial score (nSPS) is 19.4. The van der Waals surface area contributed by atoms with Crippen molar-refractivity contribution < 1.29 is 0 Å². The molecule has 1 unspecified atom stereocenters. The third-order valence-electron chi connectivity index (χ3n) is 4.78. The number of hydrogen-bond acceptors (Lipinski definition) is 2. The molecule has 0 bridgehead atoms. The molecule has 1 aliphatic heterocycles. The van der Waals surface area contributed by atoms with Crippen LogP contribution in [0.1, 0.15) is 39.2 Å². The highest BCUT2D eigenvalue weighted by Gasteiger charge is 2.26. The summed E-state index contributed by atoms with van der Waals surface area (Å²) in [6, 6.07) is 6.23. The Labute approximate surface area is 145 Å². The number of nitrogens with zero attached hydrogens (tertiary/aromatic N) is 1. The second-order valence-electron chi connectivity index (χ2n) is 7.67. The van der Waals surface area contributed by atoms with Crippen LogP contribution in [0.5, 0.6) is 0 Å². The zero-order valence-corrected chi connectivity index (χ0v) is 15.4. The monoisotopic (exact) mass is 342 g/mol. The quantitative estimate of drug-likeness (QED) is 0.864. The first-order chi connectivity index (χ1) is 10.3. The lowest BCUT2D eigenvalue weighted by atomic mass is 9.85. The molecule has 2 nitrogen and oxygen atoms in total. The first kappa shape index (κ1) is 18.1. The minimum absolute atomic E-state index is 0.177.